The first-order valence-corrected chi connectivity index (χ1v) is 8.78. The van der Waals surface area contributed by atoms with E-state index in [4.69, 9.17) is 4.74 Å². The average Bonchev–Trinajstić information content (AvgIpc) is 2.73. The molecule has 0 aliphatic heterocycles. The highest BCUT2D eigenvalue weighted by atomic mass is 19.1. The van der Waals surface area contributed by atoms with Crippen LogP contribution in [0, 0.1) is 5.82 Å². The normalized spacial score (nSPS) is 11.5. The summed E-state index contributed by atoms with van der Waals surface area (Å²) in [5.74, 6) is 0.0441. The Labute approximate surface area is 162 Å². The molecule has 3 rings (SSSR count). The van der Waals surface area contributed by atoms with Crippen LogP contribution in [-0.4, -0.2) is 24.7 Å². The van der Waals surface area contributed by atoms with Crippen molar-refractivity contribution < 1.29 is 19.0 Å². The van der Waals surface area contributed by atoms with Crippen molar-refractivity contribution in [3.63, 3.8) is 0 Å². The van der Waals surface area contributed by atoms with Crippen LogP contribution in [0.4, 0.5) is 15.8 Å². The van der Waals surface area contributed by atoms with Crippen molar-refractivity contribution in [3.8, 4) is 5.75 Å². The summed E-state index contributed by atoms with van der Waals surface area (Å²) in [6, 6.07) is 20.0. The maximum atomic E-state index is 13.0. The fourth-order valence-electron chi connectivity index (χ4n) is 2.71. The molecule has 3 aromatic carbocycles. The van der Waals surface area contributed by atoms with Crippen molar-refractivity contribution in [1.29, 1.82) is 0 Å². The van der Waals surface area contributed by atoms with Gasteiger partial charge in [0.1, 0.15) is 11.6 Å². The zero-order valence-corrected chi connectivity index (χ0v) is 15.4. The van der Waals surface area contributed by atoms with Crippen LogP contribution in [0.2, 0.25) is 0 Å². The minimum Gasteiger partial charge on any atom is -0.497 e. The van der Waals surface area contributed by atoms with E-state index in [0.717, 1.165) is 11.4 Å². The number of halogens is 1. The van der Waals surface area contributed by atoms with E-state index in [-0.39, 0.29) is 18.3 Å². The van der Waals surface area contributed by atoms with E-state index in [1.165, 1.54) is 24.3 Å². The second kappa shape index (κ2) is 9.01. The Balaban J connectivity index is 1.67. The number of benzene rings is 3. The number of para-hydroxylation sites is 1. The molecule has 1 unspecified atom stereocenters. The number of aliphatic hydroxyl groups excluding tert-OH is 1. The summed E-state index contributed by atoms with van der Waals surface area (Å²) in [5.41, 5.74) is 2.44. The summed E-state index contributed by atoms with van der Waals surface area (Å²) < 4.78 is 18.1. The quantitative estimate of drug-likeness (QED) is 0.579. The third-order valence-electron chi connectivity index (χ3n) is 4.25. The van der Waals surface area contributed by atoms with Crippen LogP contribution in [0.25, 0.3) is 0 Å². The van der Waals surface area contributed by atoms with Crippen LogP contribution in [0.15, 0.2) is 72.8 Å². The van der Waals surface area contributed by atoms with Gasteiger partial charge in [0.25, 0.3) is 5.91 Å². The van der Waals surface area contributed by atoms with E-state index < -0.39 is 6.10 Å². The summed E-state index contributed by atoms with van der Waals surface area (Å²) in [6.45, 7) is 0.0152. The number of methoxy groups -OCH3 is 1. The third kappa shape index (κ3) is 4.86. The van der Waals surface area contributed by atoms with E-state index in [1.54, 1.807) is 25.3 Å². The number of amides is 1. The minimum atomic E-state index is -0.925. The Morgan fingerprint density at radius 2 is 1.71 bits per heavy atom. The molecule has 3 aromatic rings. The highest BCUT2D eigenvalue weighted by Crippen LogP contribution is 2.23. The van der Waals surface area contributed by atoms with Crippen molar-refractivity contribution in [3.05, 3.63) is 89.7 Å². The van der Waals surface area contributed by atoms with E-state index in [9.17, 15) is 14.3 Å². The molecule has 0 bridgehead atoms. The first kappa shape index (κ1) is 19.4. The zero-order chi connectivity index (χ0) is 19.9. The molecule has 144 valence electrons. The molecule has 0 radical (unpaired) electrons. The Kier molecular flexibility index (Phi) is 6.24. The molecule has 1 amide bonds. The van der Waals surface area contributed by atoms with Gasteiger partial charge in [-0.15, -0.1) is 0 Å². The summed E-state index contributed by atoms with van der Waals surface area (Å²) in [7, 11) is 1.60. The van der Waals surface area contributed by atoms with Crippen LogP contribution >= 0.6 is 0 Å². The second-order valence-corrected chi connectivity index (χ2v) is 6.18. The third-order valence-corrected chi connectivity index (χ3v) is 4.25. The highest BCUT2D eigenvalue weighted by Gasteiger charge is 2.14. The molecule has 3 N–H and O–H groups in total. The topological polar surface area (TPSA) is 70.6 Å². The van der Waals surface area contributed by atoms with Gasteiger partial charge in [0.05, 0.1) is 24.5 Å². The summed E-state index contributed by atoms with van der Waals surface area (Å²) in [5, 5.41) is 16.1. The number of carbonyl (C=O) groups is 1. The lowest BCUT2D eigenvalue weighted by Gasteiger charge is -2.15. The summed E-state index contributed by atoms with van der Waals surface area (Å²) >= 11 is 0. The Morgan fingerprint density at radius 3 is 2.39 bits per heavy atom. The first-order valence-electron chi connectivity index (χ1n) is 8.78. The number of ether oxygens (including phenoxy) is 1. The van der Waals surface area contributed by atoms with Crippen LogP contribution in [0.5, 0.6) is 5.75 Å². The summed E-state index contributed by atoms with van der Waals surface area (Å²) in [6.07, 6.45) is -0.925. The fraction of sp³-hybridized carbons (Fsp3) is 0.136. The van der Waals surface area contributed by atoms with Crippen molar-refractivity contribution in [2.24, 2.45) is 0 Å². The highest BCUT2D eigenvalue weighted by molar-refractivity contribution is 6.00. The maximum absolute atomic E-state index is 13.0. The number of rotatable bonds is 7. The maximum Gasteiger partial charge on any atom is 0.253 e. The molecule has 0 aliphatic carbocycles. The van der Waals surface area contributed by atoms with Crippen LogP contribution in [-0.2, 0) is 0 Å². The number of aliphatic hydroxyl groups is 1. The van der Waals surface area contributed by atoms with Crippen molar-refractivity contribution in [1.82, 2.24) is 5.32 Å². The van der Waals surface area contributed by atoms with Gasteiger partial charge >= 0.3 is 0 Å². The number of anilines is 2. The molecule has 0 spiro atoms. The smallest absolute Gasteiger partial charge is 0.253 e. The van der Waals surface area contributed by atoms with Gasteiger partial charge in [-0.3, -0.25) is 4.79 Å². The molecule has 6 heteroatoms. The molecule has 0 fully saturated rings. The summed E-state index contributed by atoms with van der Waals surface area (Å²) in [4.78, 5) is 12.6. The number of nitrogens with one attached hydrogen (secondary N) is 2. The van der Waals surface area contributed by atoms with Gasteiger partial charge in [-0.05, 0) is 54.1 Å². The number of carbonyl (C=O) groups excluding carboxylic acids is 1. The monoisotopic (exact) mass is 380 g/mol. The number of hydrogen-bond acceptors (Lipinski definition) is 4. The molecule has 0 aromatic heterocycles. The van der Waals surface area contributed by atoms with E-state index >= 15 is 0 Å². The van der Waals surface area contributed by atoms with Gasteiger partial charge in [0, 0.05) is 12.2 Å². The zero-order valence-electron chi connectivity index (χ0n) is 15.4. The molecule has 5 nitrogen and oxygen atoms in total. The van der Waals surface area contributed by atoms with E-state index in [1.807, 2.05) is 30.3 Å². The second-order valence-electron chi connectivity index (χ2n) is 6.18. The van der Waals surface area contributed by atoms with Crippen molar-refractivity contribution in [2.45, 2.75) is 6.10 Å². The molecular formula is C22H21FN2O3. The van der Waals surface area contributed by atoms with Gasteiger partial charge in [0.2, 0.25) is 0 Å². The van der Waals surface area contributed by atoms with Crippen LogP contribution in [0.3, 0.4) is 0 Å². The SMILES string of the molecule is COc1ccc(Nc2ccccc2C(=O)NCC(O)c2ccc(F)cc2)cc1. The van der Waals surface area contributed by atoms with Crippen molar-refractivity contribution in [2.75, 3.05) is 19.0 Å². The fourth-order valence-corrected chi connectivity index (χ4v) is 2.71. The van der Waals surface area contributed by atoms with Crippen LogP contribution in [0.1, 0.15) is 22.0 Å². The van der Waals surface area contributed by atoms with Gasteiger partial charge in [0.15, 0.2) is 0 Å². The van der Waals surface area contributed by atoms with E-state index in [0.29, 0.717) is 16.8 Å². The van der Waals surface area contributed by atoms with E-state index in [2.05, 4.69) is 10.6 Å². The molecule has 0 aliphatic rings. The largest absolute Gasteiger partial charge is 0.497 e. The van der Waals surface area contributed by atoms with Gasteiger partial charge < -0.3 is 20.5 Å². The van der Waals surface area contributed by atoms with Gasteiger partial charge in [-0.25, -0.2) is 4.39 Å². The lowest BCUT2D eigenvalue weighted by molar-refractivity contribution is 0.0917. The predicted molar refractivity (Wildman–Crippen MR) is 106 cm³/mol. The van der Waals surface area contributed by atoms with Crippen LogP contribution < -0.4 is 15.4 Å². The predicted octanol–water partition coefficient (Wildman–Crippen LogP) is 4.04. The molecule has 0 saturated heterocycles. The average molecular weight is 380 g/mol. The molecule has 1 atom stereocenters. The van der Waals surface area contributed by atoms with Crippen molar-refractivity contribution >= 4 is 17.3 Å². The Morgan fingerprint density at radius 1 is 1.04 bits per heavy atom. The Bertz CT molecular complexity index is 927. The number of hydrogen-bond donors (Lipinski definition) is 3. The molecular weight excluding hydrogens is 359 g/mol. The van der Waals surface area contributed by atoms with Gasteiger partial charge in [-0.2, -0.15) is 0 Å². The lowest BCUT2D eigenvalue weighted by atomic mass is 10.1. The molecule has 28 heavy (non-hydrogen) atoms. The Hall–Kier alpha value is -3.38. The molecule has 0 heterocycles. The standard InChI is InChI=1S/C22H21FN2O3/c1-28-18-12-10-17(11-13-18)25-20-5-3-2-4-19(20)22(27)24-14-21(26)15-6-8-16(23)9-7-15/h2-13,21,25-26H,14H2,1H3,(H,24,27). The first-order chi connectivity index (χ1) is 13.6. The molecule has 0 saturated carbocycles. The lowest BCUT2D eigenvalue weighted by Crippen LogP contribution is -2.28. The van der Waals surface area contributed by atoms with Gasteiger partial charge in [-0.1, -0.05) is 24.3 Å². The minimum absolute atomic E-state index is 0.0152.